The van der Waals surface area contributed by atoms with Crippen LogP contribution in [0.1, 0.15) is 0 Å². The number of nitrogens with zero attached hydrogens (tertiary/aromatic N) is 3. The molecule has 3 nitrogen and oxygen atoms in total. The smallest absolute Gasteiger partial charge is 0.164 e. The Labute approximate surface area is 338 Å². The van der Waals surface area contributed by atoms with Crippen molar-refractivity contribution in [3.8, 4) is 89.8 Å². The van der Waals surface area contributed by atoms with E-state index < -0.39 is 0 Å². The molecule has 0 saturated heterocycles. The normalized spacial score (nSPS) is 11.1. The van der Waals surface area contributed by atoms with E-state index in [1.165, 1.54) is 38.8 Å². The Balaban J connectivity index is 1.05. The van der Waals surface area contributed by atoms with Crippen LogP contribution in [0.15, 0.2) is 224 Å². The minimum atomic E-state index is 0.632. The SMILES string of the molecule is c1ccc(-c2cccc(-c3cc(-c4ccccc4)cc(-c4cccc(-c5cccc(-c6nc(-c7ccccc7)nc(-c7ccc8ccccc8c7)n6)c5)c4)c3)c2)cc1. The van der Waals surface area contributed by atoms with Gasteiger partial charge in [-0.25, -0.2) is 15.0 Å². The molecule has 0 spiro atoms. The Hall–Kier alpha value is -7.75. The van der Waals surface area contributed by atoms with Crippen molar-refractivity contribution in [2.45, 2.75) is 0 Å². The third-order valence-corrected chi connectivity index (χ3v) is 10.7. The van der Waals surface area contributed by atoms with Crippen molar-refractivity contribution in [1.82, 2.24) is 15.0 Å². The molecule has 10 aromatic rings. The van der Waals surface area contributed by atoms with Crippen LogP contribution in [0.4, 0.5) is 0 Å². The van der Waals surface area contributed by atoms with Crippen molar-refractivity contribution in [3.05, 3.63) is 224 Å². The second kappa shape index (κ2) is 15.4. The molecule has 0 aliphatic rings. The topological polar surface area (TPSA) is 38.7 Å². The molecule has 0 bridgehead atoms. The molecular weight excluding hydrogens is 703 g/mol. The first-order valence-corrected chi connectivity index (χ1v) is 19.6. The average Bonchev–Trinajstić information content (AvgIpc) is 3.32. The van der Waals surface area contributed by atoms with Gasteiger partial charge in [-0.15, -0.1) is 0 Å². The number of aromatic nitrogens is 3. The minimum Gasteiger partial charge on any atom is -0.208 e. The lowest BCUT2D eigenvalue weighted by Crippen LogP contribution is -2.00. The van der Waals surface area contributed by atoms with Crippen LogP contribution in [-0.2, 0) is 0 Å². The van der Waals surface area contributed by atoms with Crippen molar-refractivity contribution in [1.29, 1.82) is 0 Å². The maximum atomic E-state index is 5.09. The zero-order valence-electron chi connectivity index (χ0n) is 31.7. The highest BCUT2D eigenvalue weighted by atomic mass is 15.0. The predicted molar refractivity (Wildman–Crippen MR) is 241 cm³/mol. The molecular formula is C55H37N3. The van der Waals surface area contributed by atoms with Crippen molar-refractivity contribution in [2.75, 3.05) is 0 Å². The standard InChI is InChI=1S/C55H37N3/c1-4-15-38(16-5-1)43-23-12-26-46(31-43)51-35-50(39-17-6-2-7-18-39)36-52(37-51)47-27-13-24-44(32-47)45-25-14-28-48(34-45)54-56-53(41-20-8-3-9-21-41)57-55(58-54)49-30-29-40-19-10-11-22-42(40)33-49/h1-37H. The van der Waals surface area contributed by atoms with Gasteiger partial charge in [0.15, 0.2) is 17.5 Å². The number of hydrogen-bond acceptors (Lipinski definition) is 3. The number of fused-ring (bicyclic) bond motifs is 1. The van der Waals surface area contributed by atoms with Gasteiger partial charge in [0.2, 0.25) is 0 Å². The number of rotatable bonds is 8. The Morgan fingerprint density at radius 2 is 0.483 bits per heavy atom. The third kappa shape index (κ3) is 7.21. The monoisotopic (exact) mass is 739 g/mol. The third-order valence-electron chi connectivity index (χ3n) is 10.7. The lowest BCUT2D eigenvalue weighted by Gasteiger charge is -2.14. The van der Waals surface area contributed by atoms with Crippen LogP contribution in [0.3, 0.4) is 0 Å². The van der Waals surface area contributed by atoms with Gasteiger partial charge < -0.3 is 0 Å². The van der Waals surface area contributed by atoms with E-state index >= 15 is 0 Å². The van der Waals surface area contributed by atoms with E-state index in [-0.39, 0.29) is 0 Å². The van der Waals surface area contributed by atoms with Gasteiger partial charge in [-0.05, 0) is 109 Å². The van der Waals surface area contributed by atoms with Gasteiger partial charge in [0.05, 0.1) is 0 Å². The minimum absolute atomic E-state index is 0.632. The highest BCUT2D eigenvalue weighted by Gasteiger charge is 2.15. The second-order valence-corrected chi connectivity index (χ2v) is 14.5. The van der Waals surface area contributed by atoms with Gasteiger partial charge in [-0.3, -0.25) is 0 Å². The molecule has 0 amide bonds. The molecule has 9 aromatic carbocycles. The van der Waals surface area contributed by atoms with Crippen LogP contribution in [0.5, 0.6) is 0 Å². The van der Waals surface area contributed by atoms with Crippen LogP contribution >= 0.6 is 0 Å². The summed E-state index contributed by atoms with van der Waals surface area (Å²) in [5.74, 6) is 1.92. The van der Waals surface area contributed by atoms with Gasteiger partial charge in [-0.1, -0.05) is 182 Å². The fourth-order valence-corrected chi connectivity index (χ4v) is 7.66. The van der Waals surface area contributed by atoms with E-state index in [0.717, 1.165) is 44.3 Å². The van der Waals surface area contributed by atoms with Gasteiger partial charge in [0, 0.05) is 16.7 Å². The molecule has 0 aliphatic carbocycles. The quantitative estimate of drug-likeness (QED) is 0.156. The fraction of sp³-hybridized carbons (Fsp3) is 0. The van der Waals surface area contributed by atoms with Crippen molar-refractivity contribution in [2.24, 2.45) is 0 Å². The summed E-state index contributed by atoms with van der Waals surface area (Å²) in [7, 11) is 0. The summed E-state index contributed by atoms with van der Waals surface area (Å²) < 4.78 is 0. The van der Waals surface area contributed by atoms with E-state index in [9.17, 15) is 0 Å². The molecule has 272 valence electrons. The van der Waals surface area contributed by atoms with Crippen LogP contribution in [-0.4, -0.2) is 15.0 Å². The Kier molecular flexibility index (Phi) is 9.23. The Morgan fingerprint density at radius 3 is 1.02 bits per heavy atom. The summed E-state index contributed by atoms with van der Waals surface area (Å²) in [6.45, 7) is 0. The van der Waals surface area contributed by atoms with Crippen molar-refractivity contribution < 1.29 is 0 Å². The number of benzene rings is 9. The molecule has 0 atom stereocenters. The molecule has 0 unspecified atom stereocenters. The summed E-state index contributed by atoms with van der Waals surface area (Å²) in [4.78, 5) is 15.1. The second-order valence-electron chi connectivity index (χ2n) is 14.5. The summed E-state index contributed by atoms with van der Waals surface area (Å²) >= 11 is 0. The van der Waals surface area contributed by atoms with Crippen molar-refractivity contribution in [3.63, 3.8) is 0 Å². The summed E-state index contributed by atoms with van der Waals surface area (Å²) in [6, 6.07) is 79.2. The lowest BCUT2D eigenvalue weighted by molar-refractivity contribution is 1.07. The number of hydrogen-bond donors (Lipinski definition) is 0. The van der Waals surface area contributed by atoms with E-state index in [2.05, 4.69) is 194 Å². The zero-order valence-corrected chi connectivity index (χ0v) is 31.7. The van der Waals surface area contributed by atoms with E-state index in [0.29, 0.717) is 17.5 Å². The van der Waals surface area contributed by atoms with Crippen LogP contribution in [0, 0.1) is 0 Å². The molecule has 1 heterocycles. The lowest BCUT2D eigenvalue weighted by atomic mass is 9.91. The molecule has 10 rings (SSSR count). The van der Waals surface area contributed by atoms with E-state index in [1.807, 2.05) is 30.3 Å². The molecule has 58 heavy (non-hydrogen) atoms. The summed E-state index contributed by atoms with van der Waals surface area (Å²) in [6.07, 6.45) is 0. The molecule has 0 radical (unpaired) electrons. The molecule has 1 aromatic heterocycles. The van der Waals surface area contributed by atoms with Gasteiger partial charge in [0.25, 0.3) is 0 Å². The Bertz CT molecular complexity index is 3050. The molecule has 3 heteroatoms. The van der Waals surface area contributed by atoms with Crippen LogP contribution in [0.2, 0.25) is 0 Å². The van der Waals surface area contributed by atoms with Crippen molar-refractivity contribution >= 4 is 10.8 Å². The summed E-state index contributed by atoms with van der Waals surface area (Å²) in [5, 5.41) is 2.33. The first kappa shape index (κ1) is 34.7. The highest BCUT2D eigenvalue weighted by Crippen LogP contribution is 2.37. The van der Waals surface area contributed by atoms with Crippen LogP contribution in [0.25, 0.3) is 101 Å². The van der Waals surface area contributed by atoms with Crippen LogP contribution < -0.4 is 0 Å². The first-order valence-electron chi connectivity index (χ1n) is 19.6. The average molecular weight is 740 g/mol. The largest absolute Gasteiger partial charge is 0.208 e. The zero-order chi connectivity index (χ0) is 38.7. The van der Waals surface area contributed by atoms with E-state index in [4.69, 9.17) is 15.0 Å². The highest BCUT2D eigenvalue weighted by molar-refractivity contribution is 5.87. The maximum absolute atomic E-state index is 5.09. The maximum Gasteiger partial charge on any atom is 0.164 e. The summed E-state index contributed by atoms with van der Waals surface area (Å²) in [5.41, 5.74) is 14.4. The van der Waals surface area contributed by atoms with Gasteiger partial charge in [-0.2, -0.15) is 0 Å². The molecule has 0 N–H and O–H groups in total. The molecule has 0 aliphatic heterocycles. The fourth-order valence-electron chi connectivity index (χ4n) is 7.66. The molecule has 0 saturated carbocycles. The predicted octanol–water partition coefficient (Wildman–Crippen LogP) is 14.4. The van der Waals surface area contributed by atoms with Gasteiger partial charge >= 0.3 is 0 Å². The van der Waals surface area contributed by atoms with E-state index in [1.54, 1.807) is 0 Å². The van der Waals surface area contributed by atoms with Gasteiger partial charge in [0.1, 0.15) is 0 Å². The first-order chi connectivity index (χ1) is 28.7. The molecule has 0 fully saturated rings. The Morgan fingerprint density at radius 1 is 0.172 bits per heavy atom.